The van der Waals surface area contributed by atoms with E-state index in [9.17, 15) is 14.4 Å². The predicted octanol–water partition coefficient (Wildman–Crippen LogP) is 2.24. The monoisotopic (exact) mass is 429 g/mol. The second-order valence-electron chi connectivity index (χ2n) is 7.42. The second kappa shape index (κ2) is 7.87. The first kappa shape index (κ1) is 20.0. The van der Waals surface area contributed by atoms with Crippen LogP contribution in [0.1, 0.15) is 18.1 Å². The number of urea groups is 1. The van der Waals surface area contributed by atoms with Gasteiger partial charge in [0.2, 0.25) is 12.7 Å². The van der Waals surface area contributed by atoms with Crippen molar-refractivity contribution in [3.63, 3.8) is 0 Å². The minimum Gasteiger partial charge on any atom is -0.454 e. The van der Waals surface area contributed by atoms with E-state index in [2.05, 4.69) is 10.6 Å². The summed E-state index contributed by atoms with van der Waals surface area (Å²) in [7, 11) is 0. The van der Waals surface area contributed by atoms with Gasteiger partial charge < -0.3 is 20.1 Å². The first-order valence-electron chi connectivity index (χ1n) is 9.38. The molecule has 2 aromatic rings. The summed E-state index contributed by atoms with van der Waals surface area (Å²) in [6, 6.07) is 11.8. The Hall–Kier alpha value is -3.26. The number of carbonyl (C=O) groups excluding carboxylic acids is 3. The van der Waals surface area contributed by atoms with Gasteiger partial charge in [0.15, 0.2) is 11.5 Å². The zero-order valence-corrected chi connectivity index (χ0v) is 17.0. The van der Waals surface area contributed by atoms with Crippen LogP contribution in [0, 0.1) is 0 Å². The molecule has 0 bridgehead atoms. The molecule has 1 atom stereocenters. The van der Waals surface area contributed by atoms with Crippen LogP contribution in [0.25, 0.3) is 0 Å². The van der Waals surface area contributed by atoms with Gasteiger partial charge in [-0.1, -0.05) is 29.8 Å². The lowest BCUT2D eigenvalue weighted by atomic mass is 9.92. The van der Waals surface area contributed by atoms with Crippen molar-refractivity contribution < 1.29 is 23.9 Å². The molecule has 0 aromatic heterocycles. The number of fused-ring (bicyclic) bond motifs is 1. The summed E-state index contributed by atoms with van der Waals surface area (Å²) >= 11 is 5.84. The number of benzene rings is 2. The highest BCUT2D eigenvalue weighted by Gasteiger charge is 2.48. The molecule has 156 valence electrons. The Kier molecular flexibility index (Phi) is 5.26. The van der Waals surface area contributed by atoms with Gasteiger partial charge in [0.1, 0.15) is 12.1 Å². The van der Waals surface area contributed by atoms with E-state index < -0.39 is 23.4 Å². The van der Waals surface area contributed by atoms with Gasteiger partial charge in [-0.2, -0.15) is 0 Å². The minimum absolute atomic E-state index is 0.157. The molecule has 2 heterocycles. The van der Waals surface area contributed by atoms with E-state index in [1.165, 1.54) is 0 Å². The molecule has 2 aliphatic rings. The van der Waals surface area contributed by atoms with E-state index in [0.717, 1.165) is 16.0 Å². The van der Waals surface area contributed by atoms with Crippen molar-refractivity contribution in [3.8, 4) is 11.5 Å². The molecule has 0 radical (unpaired) electrons. The molecule has 0 saturated carbocycles. The van der Waals surface area contributed by atoms with Crippen molar-refractivity contribution in [2.45, 2.75) is 25.4 Å². The fourth-order valence-electron chi connectivity index (χ4n) is 3.47. The maximum absolute atomic E-state index is 12.9. The van der Waals surface area contributed by atoms with Gasteiger partial charge in [0, 0.05) is 18.0 Å². The molecule has 2 aliphatic heterocycles. The summed E-state index contributed by atoms with van der Waals surface area (Å²) in [5, 5.41) is 6.01. The molecule has 2 aromatic carbocycles. The Morgan fingerprint density at radius 2 is 1.83 bits per heavy atom. The molecule has 2 N–H and O–H groups in total. The highest BCUT2D eigenvalue weighted by atomic mass is 35.5. The van der Waals surface area contributed by atoms with Gasteiger partial charge in [-0.15, -0.1) is 0 Å². The first-order valence-corrected chi connectivity index (χ1v) is 9.76. The van der Waals surface area contributed by atoms with E-state index >= 15 is 0 Å². The van der Waals surface area contributed by atoms with Gasteiger partial charge in [-0.25, -0.2) is 4.79 Å². The lowest BCUT2D eigenvalue weighted by molar-refractivity contribution is -0.134. The molecule has 4 rings (SSSR count). The number of hydrogen-bond donors (Lipinski definition) is 2. The summed E-state index contributed by atoms with van der Waals surface area (Å²) in [5.74, 6) is 0.364. The van der Waals surface area contributed by atoms with Crippen molar-refractivity contribution in [2.24, 2.45) is 0 Å². The minimum atomic E-state index is -1.15. The Morgan fingerprint density at radius 1 is 1.13 bits per heavy atom. The normalized spacial score (nSPS) is 19.7. The van der Waals surface area contributed by atoms with Crippen LogP contribution in [-0.4, -0.2) is 41.6 Å². The summed E-state index contributed by atoms with van der Waals surface area (Å²) in [4.78, 5) is 38.5. The summed E-state index contributed by atoms with van der Waals surface area (Å²) in [6.07, 6.45) is 0.261. The van der Waals surface area contributed by atoms with Crippen LogP contribution in [0.5, 0.6) is 11.5 Å². The van der Waals surface area contributed by atoms with Crippen LogP contribution in [0.15, 0.2) is 42.5 Å². The third-order valence-electron chi connectivity index (χ3n) is 5.04. The largest absolute Gasteiger partial charge is 0.454 e. The van der Waals surface area contributed by atoms with Gasteiger partial charge in [0.25, 0.3) is 5.91 Å². The molecule has 1 saturated heterocycles. The zero-order valence-electron chi connectivity index (χ0n) is 16.2. The topological polar surface area (TPSA) is 97.0 Å². The number of rotatable bonds is 6. The van der Waals surface area contributed by atoms with Gasteiger partial charge in [0.05, 0.1) is 0 Å². The van der Waals surface area contributed by atoms with Crippen LogP contribution >= 0.6 is 11.6 Å². The van der Waals surface area contributed by atoms with Gasteiger partial charge >= 0.3 is 6.03 Å². The average Bonchev–Trinajstić information content (AvgIpc) is 3.25. The number of halogens is 1. The van der Waals surface area contributed by atoms with Crippen LogP contribution in [-0.2, 0) is 22.6 Å². The van der Waals surface area contributed by atoms with Crippen molar-refractivity contribution in [2.75, 3.05) is 13.3 Å². The highest BCUT2D eigenvalue weighted by molar-refractivity contribution is 6.30. The van der Waals surface area contributed by atoms with Crippen LogP contribution < -0.4 is 20.1 Å². The van der Waals surface area contributed by atoms with Gasteiger partial charge in [-0.3, -0.25) is 14.5 Å². The van der Waals surface area contributed by atoms with Crippen LogP contribution in [0.4, 0.5) is 4.79 Å². The van der Waals surface area contributed by atoms with Crippen molar-refractivity contribution in [1.82, 2.24) is 15.5 Å². The molecular formula is C21H20ClN3O5. The molecule has 0 aliphatic carbocycles. The van der Waals surface area contributed by atoms with Crippen LogP contribution in [0.3, 0.4) is 0 Å². The first-order chi connectivity index (χ1) is 14.3. The van der Waals surface area contributed by atoms with Crippen molar-refractivity contribution in [1.29, 1.82) is 0 Å². The molecule has 1 unspecified atom stereocenters. The molecule has 8 nitrogen and oxygen atoms in total. The maximum Gasteiger partial charge on any atom is 0.325 e. The summed E-state index contributed by atoms with van der Waals surface area (Å²) in [6.45, 7) is 1.72. The third kappa shape index (κ3) is 4.04. The maximum atomic E-state index is 12.9. The average molecular weight is 430 g/mol. The van der Waals surface area contributed by atoms with E-state index in [0.29, 0.717) is 16.5 Å². The SMILES string of the molecule is CC1(Cc2ccc3c(c2)OCO3)NC(=O)N(CC(=O)NCc2ccc(Cl)cc2)C1=O. The number of ether oxygens (including phenoxy) is 2. The quantitative estimate of drug-likeness (QED) is 0.686. The molecule has 30 heavy (non-hydrogen) atoms. The van der Waals surface area contributed by atoms with Crippen molar-refractivity contribution in [3.05, 3.63) is 58.6 Å². The Morgan fingerprint density at radius 3 is 2.60 bits per heavy atom. The van der Waals surface area contributed by atoms with Crippen molar-refractivity contribution >= 4 is 29.4 Å². The number of carbonyl (C=O) groups is 3. The lowest BCUT2D eigenvalue weighted by Crippen LogP contribution is -2.46. The fraction of sp³-hybridized carbons (Fsp3) is 0.286. The third-order valence-corrected chi connectivity index (χ3v) is 5.30. The van der Waals surface area contributed by atoms with E-state index in [1.807, 2.05) is 6.07 Å². The number of imide groups is 1. The number of nitrogens with zero attached hydrogens (tertiary/aromatic N) is 1. The lowest BCUT2D eigenvalue weighted by Gasteiger charge is -2.22. The summed E-state index contributed by atoms with van der Waals surface area (Å²) < 4.78 is 10.7. The molecule has 9 heteroatoms. The molecule has 1 fully saturated rings. The van der Waals surface area contributed by atoms with E-state index in [-0.39, 0.29) is 26.3 Å². The summed E-state index contributed by atoms with van der Waals surface area (Å²) in [5.41, 5.74) is 0.517. The fourth-order valence-corrected chi connectivity index (χ4v) is 3.60. The smallest absolute Gasteiger partial charge is 0.325 e. The Bertz CT molecular complexity index is 1010. The second-order valence-corrected chi connectivity index (χ2v) is 7.86. The number of nitrogens with one attached hydrogen (secondary N) is 2. The van der Waals surface area contributed by atoms with Crippen LogP contribution in [0.2, 0.25) is 5.02 Å². The molecule has 4 amide bonds. The highest BCUT2D eigenvalue weighted by Crippen LogP contribution is 2.34. The standard InChI is InChI=1S/C21H20ClN3O5/c1-21(9-14-4-7-16-17(8-14)30-12-29-16)19(27)25(20(28)24-21)11-18(26)23-10-13-2-5-15(22)6-3-13/h2-8H,9-12H2,1H3,(H,23,26)(H,24,28). The zero-order chi connectivity index (χ0) is 21.3. The molecule has 0 spiro atoms. The number of amides is 4. The van der Waals surface area contributed by atoms with Gasteiger partial charge in [-0.05, 0) is 42.3 Å². The molecular weight excluding hydrogens is 410 g/mol. The number of hydrogen-bond acceptors (Lipinski definition) is 5. The Balaban J connectivity index is 1.38. The predicted molar refractivity (Wildman–Crippen MR) is 108 cm³/mol. The van der Waals surface area contributed by atoms with E-state index in [4.69, 9.17) is 21.1 Å². The Labute approximate surface area is 178 Å². The van der Waals surface area contributed by atoms with E-state index in [1.54, 1.807) is 43.3 Å².